The summed E-state index contributed by atoms with van der Waals surface area (Å²) in [5, 5.41) is 5.10. The maximum Gasteiger partial charge on any atom is 0.0456 e. The third-order valence-corrected chi connectivity index (χ3v) is 5.01. The Balaban J connectivity index is 1.49. The van der Waals surface area contributed by atoms with Crippen LogP contribution in [0.5, 0.6) is 0 Å². The molecule has 1 aromatic carbocycles. The normalized spacial score (nSPS) is 19.1. The van der Waals surface area contributed by atoms with Crippen LogP contribution < -0.4 is 5.32 Å². The van der Waals surface area contributed by atoms with Gasteiger partial charge in [-0.3, -0.25) is 0 Å². The molecule has 1 aliphatic rings. The molecule has 1 fully saturated rings. The van der Waals surface area contributed by atoms with Crippen LogP contribution in [0, 0.1) is 5.92 Å². The molecular weight excluding hydrogens is 258 g/mol. The quantitative estimate of drug-likeness (QED) is 0.885. The molecule has 1 saturated heterocycles. The minimum absolute atomic E-state index is 0.629. The Hall–Kier alpha value is -1.32. The molecule has 2 N–H and O–H groups in total. The third-order valence-electron chi connectivity index (χ3n) is 5.01. The number of hydrogen-bond acceptors (Lipinski definition) is 2. The number of hydrogen-bond donors (Lipinski definition) is 2. The van der Waals surface area contributed by atoms with E-state index in [0.29, 0.717) is 6.04 Å². The van der Waals surface area contributed by atoms with Gasteiger partial charge in [-0.15, -0.1) is 0 Å². The van der Waals surface area contributed by atoms with Gasteiger partial charge in [0.15, 0.2) is 0 Å². The highest BCUT2D eigenvalue weighted by Gasteiger charge is 2.21. The Morgan fingerprint density at radius 3 is 2.86 bits per heavy atom. The first-order valence-corrected chi connectivity index (χ1v) is 8.21. The van der Waals surface area contributed by atoms with Crippen molar-refractivity contribution in [3.63, 3.8) is 0 Å². The first-order valence-electron chi connectivity index (χ1n) is 8.21. The molecule has 114 valence electrons. The Morgan fingerprint density at radius 1 is 1.29 bits per heavy atom. The van der Waals surface area contributed by atoms with E-state index in [2.05, 4.69) is 59.6 Å². The number of para-hydroxylation sites is 1. The largest absolute Gasteiger partial charge is 0.361 e. The maximum atomic E-state index is 3.74. The first kappa shape index (κ1) is 14.6. The molecular formula is C18H27N3. The van der Waals surface area contributed by atoms with Gasteiger partial charge in [-0.1, -0.05) is 18.2 Å². The summed E-state index contributed by atoms with van der Waals surface area (Å²) in [7, 11) is 2.23. The molecule has 0 radical (unpaired) electrons. The van der Waals surface area contributed by atoms with Gasteiger partial charge in [0.1, 0.15) is 0 Å². The first-order chi connectivity index (χ1) is 10.2. The number of aromatic amines is 1. The molecule has 0 bridgehead atoms. The second kappa shape index (κ2) is 6.63. The summed E-state index contributed by atoms with van der Waals surface area (Å²) in [6, 6.07) is 9.19. The van der Waals surface area contributed by atoms with Crippen molar-refractivity contribution >= 4 is 10.9 Å². The molecule has 3 nitrogen and oxygen atoms in total. The zero-order valence-corrected chi connectivity index (χ0v) is 13.2. The van der Waals surface area contributed by atoms with Crippen LogP contribution in [0.2, 0.25) is 0 Å². The summed E-state index contributed by atoms with van der Waals surface area (Å²) in [6.45, 7) is 5.92. The number of H-pyrrole nitrogens is 1. The van der Waals surface area contributed by atoms with Crippen LogP contribution >= 0.6 is 0 Å². The van der Waals surface area contributed by atoms with Crippen molar-refractivity contribution in [3.8, 4) is 0 Å². The van der Waals surface area contributed by atoms with E-state index in [1.165, 1.54) is 42.4 Å². The minimum atomic E-state index is 0.629. The third kappa shape index (κ3) is 3.47. The monoisotopic (exact) mass is 285 g/mol. The summed E-state index contributed by atoms with van der Waals surface area (Å²) >= 11 is 0. The Bertz CT molecular complexity index is 567. The fourth-order valence-corrected chi connectivity index (χ4v) is 3.47. The second-order valence-corrected chi connectivity index (χ2v) is 6.49. The lowest BCUT2D eigenvalue weighted by Crippen LogP contribution is -2.41. The molecule has 3 heteroatoms. The molecule has 0 spiro atoms. The average molecular weight is 285 g/mol. The van der Waals surface area contributed by atoms with Crippen LogP contribution in [0.4, 0.5) is 0 Å². The van der Waals surface area contributed by atoms with Crippen molar-refractivity contribution in [2.75, 3.05) is 26.7 Å². The molecule has 1 aliphatic heterocycles. The van der Waals surface area contributed by atoms with Gasteiger partial charge in [0, 0.05) is 23.1 Å². The van der Waals surface area contributed by atoms with Crippen LogP contribution in [-0.2, 0) is 6.42 Å². The lowest BCUT2D eigenvalue weighted by molar-refractivity contribution is 0.190. The fourth-order valence-electron chi connectivity index (χ4n) is 3.47. The van der Waals surface area contributed by atoms with E-state index in [0.717, 1.165) is 18.9 Å². The molecule has 1 aromatic heterocycles. The smallest absolute Gasteiger partial charge is 0.0456 e. The standard InChI is InChI=1S/C18H27N3/c1-14(15-8-11-21(2)12-9-15)19-10-7-16-13-20-18-6-4-3-5-17(16)18/h3-6,13-15,19-20H,7-12H2,1-2H3. The van der Waals surface area contributed by atoms with Crippen LogP contribution in [0.3, 0.4) is 0 Å². The summed E-state index contributed by atoms with van der Waals surface area (Å²) in [5.74, 6) is 0.837. The fraction of sp³-hybridized carbons (Fsp3) is 0.556. The van der Waals surface area contributed by atoms with Gasteiger partial charge in [0.05, 0.1) is 0 Å². The minimum Gasteiger partial charge on any atom is -0.361 e. The van der Waals surface area contributed by atoms with Crippen LogP contribution in [0.1, 0.15) is 25.3 Å². The van der Waals surface area contributed by atoms with E-state index in [9.17, 15) is 0 Å². The van der Waals surface area contributed by atoms with Crippen molar-refractivity contribution < 1.29 is 0 Å². The highest BCUT2D eigenvalue weighted by molar-refractivity contribution is 5.83. The maximum absolute atomic E-state index is 3.74. The molecule has 0 saturated carbocycles. The number of benzene rings is 1. The summed E-state index contributed by atoms with van der Waals surface area (Å²) < 4.78 is 0. The van der Waals surface area contributed by atoms with Gasteiger partial charge < -0.3 is 15.2 Å². The zero-order valence-electron chi connectivity index (χ0n) is 13.2. The number of aromatic nitrogens is 1. The summed E-state index contributed by atoms with van der Waals surface area (Å²) in [5.41, 5.74) is 2.67. The van der Waals surface area contributed by atoms with Crippen LogP contribution in [-0.4, -0.2) is 42.6 Å². The lowest BCUT2D eigenvalue weighted by Gasteiger charge is -2.33. The Kier molecular flexibility index (Phi) is 4.61. The number of nitrogens with one attached hydrogen (secondary N) is 2. The SMILES string of the molecule is CC(NCCc1c[nH]c2ccccc12)C1CCN(C)CC1. The summed E-state index contributed by atoms with van der Waals surface area (Å²) in [6.07, 6.45) is 5.92. The van der Waals surface area contributed by atoms with Crippen molar-refractivity contribution in [3.05, 3.63) is 36.0 Å². The van der Waals surface area contributed by atoms with E-state index in [4.69, 9.17) is 0 Å². The van der Waals surface area contributed by atoms with Crippen LogP contribution in [0.15, 0.2) is 30.5 Å². The topological polar surface area (TPSA) is 31.1 Å². The molecule has 2 aromatic rings. The molecule has 0 aliphatic carbocycles. The van der Waals surface area contributed by atoms with Crippen molar-refractivity contribution in [2.24, 2.45) is 5.92 Å². The average Bonchev–Trinajstić information content (AvgIpc) is 2.91. The van der Waals surface area contributed by atoms with Gasteiger partial charge in [-0.2, -0.15) is 0 Å². The molecule has 0 amide bonds. The summed E-state index contributed by atoms with van der Waals surface area (Å²) in [4.78, 5) is 5.80. The second-order valence-electron chi connectivity index (χ2n) is 6.49. The number of likely N-dealkylation sites (tertiary alicyclic amines) is 1. The van der Waals surface area contributed by atoms with Gasteiger partial charge in [0.25, 0.3) is 0 Å². The number of rotatable bonds is 5. The van der Waals surface area contributed by atoms with E-state index in [1.54, 1.807) is 0 Å². The van der Waals surface area contributed by atoms with Crippen molar-refractivity contribution in [2.45, 2.75) is 32.2 Å². The van der Waals surface area contributed by atoms with E-state index in [-0.39, 0.29) is 0 Å². The molecule has 2 heterocycles. The predicted octanol–water partition coefficient (Wildman–Crippen LogP) is 3.03. The van der Waals surface area contributed by atoms with Gasteiger partial charge in [-0.25, -0.2) is 0 Å². The molecule has 3 rings (SSSR count). The number of nitrogens with zero attached hydrogens (tertiary/aromatic N) is 1. The molecule has 1 unspecified atom stereocenters. The lowest BCUT2D eigenvalue weighted by atomic mass is 9.90. The Morgan fingerprint density at radius 2 is 2.05 bits per heavy atom. The van der Waals surface area contributed by atoms with E-state index in [1.807, 2.05) is 0 Å². The highest BCUT2D eigenvalue weighted by atomic mass is 15.1. The van der Waals surface area contributed by atoms with E-state index >= 15 is 0 Å². The van der Waals surface area contributed by atoms with Crippen molar-refractivity contribution in [1.29, 1.82) is 0 Å². The Labute approximate surface area is 127 Å². The van der Waals surface area contributed by atoms with Gasteiger partial charge in [0.2, 0.25) is 0 Å². The van der Waals surface area contributed by atoms with Gasteiger partial charge in [-0.05, 0) is 70.4 Å². The van der Waals surface area contributed by atoms with Crippen LogP contribution in [0.25, 0.3) is 10.9 Å². The predicted molar refractivity (Wildman–Crippen MR) is 89.7 cm³/mol. The zero-order chi connectivity index (χ0) is 14.7. The molecule has 1 atom stereocenters. The van der Waals surface area contributed by atoms with Gasteiger partial charge >= 0.3 is 0 Å². The molecule has 21 heavy (non-hydrogen) atoms. The van der Waals surface area contributed by atoms with Crippen molar-refractivity contribution in [1.82, 2.24) is 15.2 Å². The number of piperidine rings is 1. The number of fused-ring (bicyclic) bond motifs is 1. The van der Waals surface area contributed by atoms with E-state index < -0.39 is 0 Å². The highest BCUT2D eigenvalue weighted by Crippen LogP contribution is 2.20.